The van der Waals surface area contributed by atoms with Crippen molar-refractivity contribution in [1.82, 2.24) is 19.6 Å². The van der Waals surface area contributed by atoms with Gasteiger partial charge in [-0.1, -0.05) is 22.9 Å². The summed E-state index contributed by atoms with van der Waals surface area (Å²) in [6.07, 6.45) is 1.77. The number of anilines is 1. The van der Waals surface area contributed by atoms with E-state index < -0.39 is 55.8 Å². The Hall–Kier alpha value is -4.16. The Morgan fingerprint density at radius 2 is 2.05 bits per heavy atom. The Morgan fingerprint density at radius 3 is 2.65 bits per heavy atom. The highest BCUT2D eigenvalue weighted by atomic mass is 32.2. The number of hydrogen-bond donors (Lipinski definition) is 3. The number of nitrogens with two attached hydrogens (primary N) is 1. The third-order valence-corrected chi connectivity index (χ3v) is 8.93. The monoisotopic (exact) mass is 610 g/mol. The van der Waals surface area contributed by atoms with E-state index in [4.69, 9.17) is 14.8 Å². The zero-order valence-corrected chi connectivity index (χ0v) is 23.3. The molecule has 2 aliphatic rings. The molecule has 4 rings (SSSR count). The minimum absolute atomic E-state index is 0.0544. The van der Waals surface area contributed by atoms with E-state index in [0.29, 0.717) is 0 Å². The maximum Gasteiger partial charge on any atom is 0.352 e. The Bertz CT molecular complexity index is 1580. The molecule has 40 heavy (non-hydrogen) atoms. The number of amides is 2. The van der Waals surface area contributed by atoms with Crippen LogP contribution in [0.2, 0.25) is 0 Å². The molecule has 2 aliphatic heterocycles. The Morgan fingerprint density at radius 1 is 1.35 bits per heavy atom. The van der Waals surface area contributed by atoms with Gasteiger partial charge in [0.05, 0.1) is 16.6 Å². The molecule has 0 aliphatic carbocycles. The molecule has 0 spiro atoms. The maximum atomic E-state index is 13.1. The van der Waals surface area contributed by atoms with Crippen LogP contribution in [0, 0.1) is 6.92 Å². The molecule has 15 nitrogen and oxygen atoms in total. The van der Waals surface area contributed by atoms with Crippen molar-refractivity contribution < 1.29 is 41.1 Å². The molecule has 0 radical (unpaired) electrons. The predicted octanol–water partition coefficient (Wildman–Crippen LogP) is -0.157. The first-order valence-electron chi connectivity index (χ1n) is 11.4. The second-order valence-electron chi connectivity index (χ2n) is 8.23. The lowest BCUT2D eigenvalue weighted by atomic mass is 10.0. The van der Waals surface area contributed by atoms with Gasteiger partial charge in [0.15, 0.2) is 5.13 Å². The molecule has 1 aromatic heterocycles. The second kappa shape index (κ2) is 11.5. The van der Waals surface area contributed by atoms with E-state index in [1.165, 1.54) is 12.1 Å². The third kappa shape index (κ3) is 5.73. The van der Waals surface area contributed by atoms with Crippen molar-refractivity contribution in [2.45, 2.75) is 30.2 Å². The lowest BCUT2D eigenvalue weighted by molar-refractivity contribution is -0.150. The zero-order valence-electron chi connectivity index (χ0n) is 20.8. The fourth-order valence-electron chi connectivity index (χ4n) is 3.73. The van der Waals surface area contributed by atoms with E-state index in [-0.39, 0.29) is 39.5 Å². The number of nitrogen functional groups attached to an aromatic ring is 1. The topological polar surface area (TPSA) is 221 Å². The van der Waals surface area contributed by atoms with E-state index in [1.807, 2.05) is 0 Å². The van der Waals surface area contributed by atoms with E-state index >= 15 is 0 Å². The second-order valence-corrected chi connectivity index (χ2v) is 12.1. The first-order valence-corrected chi connectivity index (χ1v) is 14.9. The highest BCUT2D eigenvalue weighted by molar-refractivity contribution is 7.87. The molecule has 2 unspecified atom stereocenters. The summed E-state index contributed by atoms with van der Waals surface area (Å²) in [7, 11) is -6.10. The van der Waals surface area contributed by atoms with Crippen LogP contribution in [0.4, 0.5) is 5.13 Å². The molecule has 1 fully saturated rings. The number of nitrogens with zero attached hydrogens (tertiary/aromatic N) is 4. The molecule has 0 saturated carbocycles. The third-order valence-electron chi connectivity index (χ3n) is 5.56. The molecule has 3 atom stereocenters. The van der Waals surface area contributed by atoms with Crippen LogP contribution < -0.4 is 11.1 Å². The van der Waals surface area contributed by atoms with Gasteiger partial charge in [0.2, 0.25) is 11.5 Å². The number of nitrogens with one attached hydrogen (secondary N) is 1. The van der Waals surface area contributed by atoms with Crippen LogP contribution in [0.25, 0.3) is 0 Å². The highest BCUT2D eigenvalue weighted by Crippen LogP contribution is 2.35. The van der Waals surface area contributed by atoms with Gasteiger partial charge in [-0.2, -0.15) is 17.8 Å². The predicted molar refractivity (Wildman–Crippen MR) is 141 cm³/mol. The van der Waals surface area contributed by atoms with Crippen molar-refractivity contribution in [2.75, 3.05) is 18.1 Å². The quantitative estimate of drug-likeness (QED) is 0.105. The minimum Gasteiger partial charge on any atom is -0.477 e. The standard InChI is InChI=1S/C22H22N6O9S3/c1-3-36-26-14(17-25-22(23)38-27-17)18(29)24-15-19(30)28-16(21(31)32)12(10-39(33)20(15)28)8-9-37-40(34,35)13-6-4-11(2)5-7-13/h4-9,15,20H,3,10H2,1-2H3,(H,24,29)(H,31,32)(H2,23,25,27)/t15?,20-,39?/m0/s1. The molecule has 212 valence electrons. The molecule has 18 heteroatoms. The molecule has 3 heterocycles. The molecule has 0 bridgehead atoms. The van der Waals surface area contributed by atoms with Crippen molar-refractivity contribution in [1.29, 1.82) is 0 Å². The molecule has 1 saturated heterocycles. The smallest absolute Gasteiger partial charge is 0.352 e. The van der Waals surface area contributed by atoms with Crippen molar-refractivity contribution in [3.8, 4) is 0 Å². The van der Waals surface area contributed by atoms with Gasteiger partial charge in [-0.15, -0.1) is 0 Å². The number of hydrogen-bond acceptors (Lipinski definition) is 13. The number of rotatable bonds is 10. The fourth-order valence-corrected chi connectivity index (χ4v) is 6.59. The Labute approximate surface area is 234 Å². The van der Waals surface area contributed by atoms with Gasteiger partial charge < -0.3 is 25.2 Å². The van der Waals surface area contributed by atoms with Crippen LogP contribution in [0.5, 0.6) is 0 Å². The molecular formula is C22H22N6O9S3. The summed E-state index contributed by atoms with van der Waals surface area (Å²) in [4.78, 5) is 47.4. The van der Waals surface area contributed by atoms with Gasteiger partial charge in [0.25, 0.3) is 11.8 Å². The lowest BCUT2D eigenvalue weighted by Gasteiger charge is -2.48. The molecule has 2 amide bonds. The minimum atomic E-state index is -4.21. The molecular weight excluding hydrogens is 588 g/mol. The summed E-state index contributed by atoms with van der Waals surface area (Å²) in [5.41, 5.74) is 5.39. The summed E-state index contributed by atoms with van der Waals surface area (Å²) < 4.78 is 46.6. The van der Waals surface area contributed by atoms with Crippen LogP contribution in [-0.4, -0.2) is 79.3 Å². The zero-order chi connectivity index (χ0) is 29.2. The fraction of sp³-hybridized carbons (Fsp3) is 0.273. The number of aromatic nitrogens is 2. The van der Waals surface area contributed by atoms with Gasteiger partial charge in [0, 0.05) is 11.5 Å². The highest BCUT2D eigenvalue weighted by Gasteiger charge is 2.57. The lowest BCUT2D eigenvalue weighted by Crippen LogP contribution is -2.74. The van der Waals surface area contributed by atoms with Gasteiger partial charge in [0.1, 0.15) is 34.9 Å². The normalized spacial score (nSPS) is 21.1. The summed E-state index contributed by atoms with van der Waals surface area (Å²) in [6, 6.07) is 4.49. The maximum absolute atomic E-state index is 13.1. The van der Waals surface area contributed by atoms with Gasteiger partial charge in [-0.3, -0.25) is 18.7 Å². The summed E-state index contributed by atoms with van der Waals surface area (Å²) in [6.45, 7) is 3.51. The number of carbonyl (C=O) groups excluding carboxylic acids is 2. The SMILES string of the molecule is CCON=C(C(=O)NC1C(=O)N2C(C(=O)O)=C(C=COS(=O)(=O)c3ccc(C)cc3)CS(=O)[C@@H]12)c1nsc(N)n1. The number of carboxylic acids is 1. The van der Waals surface area contributed by atoms with Gasteiger partial charge in [-0.25, -0.2) is 4.79 Å². The Kier molecular flexibility index (Phi) is 8.31. The van der Waals surface area contributed by atoms with Crippen molar-refractivity contribution in [2.24, 2.45) is 5.16 Å². The number of β-lactam (4-membered cyclic amide) rings is 1. The van der Waals surface area contributed by atoms with E-state index in [9.17, 15) is 32.1 Å². The van der Waals surface area contributed by atoms with Crippen LogP contribution in [0.1, 0.15) is 18.3 Å². The van der Waals surface area contributed by atoms with E-state index in [0.717, 1.165) is 34.3 Å². The largest absolute Gasteiger partial charge is 0.477 e. The first kappa shape index (κ1) is 28.8. The molecule has 2 aromatic rings. The number of carboxylic acid groups (broad SMARTS) is 1. The number of aliphatic carboxylic acids is 1. The average Bonchev–Trinajstić information content (AvgIpc) is 3.33. The number of carbonyl (C=O) groups is 3. The van der Waals surface area contributed by atoms with Crippen LogP contribution in [-0.2, 0) is 44.3 Å². The van der Waals surface area contributed by atoms with E-state index in [2.05, 4.69) is 19.8 Å². The van der Waals surface area contributed by atoms with E-state index in [1.54, 1.807) is 26.0 Å². The molecule has 1 aromatic carbocycles. The van der Waals surface area contributed by atoms with Crippen molar-refractivity contribution in [3.05, 3.63) is 59.3 Å². The van der Waals surface area contributed by atoms with Gasteiger partial charge >= 0.3 is 16.1 Å². The first-order chi connectivity index (χ1) is 18.9. The average molecular weight is 611 g/mol. The summed E-state index contributed by atoms with van der Waals surface area (Å²) in [5, 5.41) is 14.7. The summed E-state index contributed by atoms with van der Waals surface area (Å²) in [5.74, 6) is -3.83. The van der Waals surface area contributed by atoms with Crippen LogP contribution in [0.3, 0.4) is 0 Å². The summed E-state index contributed by atoms with van der Waals surface area (Å²) >= 11 is 0.803. The molecule has 4 N–H and O–H groups in total. The van der Waals surface area contributed by atoms with Gasteiger partial charge in [-0.05, 0) is 37.6 Å². The number of benzene rings is 1. The van der Waals surface area contributed by atoms with Crippen LogP contribution >= 0.6 is 11.5 Å². The number of aryl methyl sites for hydroxylation is 1. The van der Waals surface area contributed by atoms with Crippen LogP contribution in [0.15, 0.2) is 57.9 Å². The Balaban J connectivity index is 1.54. The number of oxime groups is 1. The van der Waals surface area contributed by atoms with Crippen molar-refractivity contribution >= 4 is 61.1 Å². The number of fused-ring (bicyclic) bond motifs is 1. The number of allylic oxidation sites excluding steroid dienone is 1. The van der Waals surface area contributed by atoms with Crippen molar-refractivity contribution in [3.63, 3.8) is 0 Å².